The molecular formula is C16H28O. The first kappa shape index (κ1) is 16.2. The summed E-state index contributed by atoms with van der Waals surface area (Å²) in [5.41, 5.74) is 2.64. The first-order valence-corrected chi connectivity index (χ1v) is 6.69. The average molecular weight is 236 g/mol. The summed E-state index contributed by atoms with van der Waals surface area (Å²) in [4.78, 5) is 0. The SMILES string of the molecule is CC/C(C)=C/CCC(C)C/C=C/C(C)=C/CO. The number of hydrogen-bond acceptors (Lipinski definition) is 1. The van der Waals surface area contributed by atoms with Crippen molar-refractivity contribution in [3.63, 3.8) is 0 Å². The first-order valence-electron chi connectivity index (χ1n) is 6.69. The zero-order valence-corrected chi connectivity index (χ0v) is 11.9. The molecule has 1 heteroatoms. The van der Waals surface area contributed by atoms with E-state index in [2.05, 4.69) is 39.0 Å². The van der Waals surface area contributed by atoms with E-state index in [0.29, 0.717) is 0 Å². The fraction of sp³-hybridized carbons (Fsp3) is 0.625. The van der Waals surface area contributed by atoms with Gasteiger partial charge in [0.1, 0.15) is 0 Å². The van der Waals surface area contributed by atoms with Gasteiger partial charge in [-0.25, -0.2) is 0 Å². The second-order valence-corrected chi connectivity index (χ2v) is 4.86. The minimum absolute atomic E-state index is 0.132. The topological polar surface area (TPSA) is 20.2 Å². The highest BCUT2D eigenvalue weighted by Crippen LogP contribution is 2.13. The van der Waals surface area contributed by atoms with Gasteiger partial charge in [-0.1, -0.05) is 49.3 Å². The molecule has 1 unspecified atom stereocenters. The Kier molecular flexibility index (Phi) is 9.84. The van der Waals surface area contributed by atoms with Crippen LogP contribution in [0.15, 0.2) is 35.5 Å². The third-order valence-electron chi connectivity index (χ3n) is 3.04. The predicted octanol–water partition coefficient (Wildman–Crippen LogP) is 4.64. The van der Waals surface area contributed by atoms with Crippen molar-refractivity contribution < 1.29 is 5.11 Å². The van der Waals surface area contributed by atoms with Crippen molar-refractivity contribution in [1.29, 1.82) is 0 Å². The molecule has 98 valence electrons. The number of aliphatic hydroxyl groups excluding tert-OH is 1. The van der Waals surface area contributed by atoms with Crippen molar-refractivity contribution in [2.75, 3.05) is 6.61 Å². The van der Waals surface area contributed by atoms with Gasteiger partial charge >= 0.3 is 0 Å². The van der Waals surface area contributed by atoms with Crippen LogP contribution < -0.4 is 0 Å². The molecule has 17 heavy (non-hydrogen) atoms. The Morgan fingerprint density at radius 1 is 1.24 bits per heavy atom. The normalized spacial score (nSPS) is 15.6. The van der Waals surface area contributed by atoms with E-state index in [1.807, 2.05) is 13.0 Å². The predicted molar refractivity (Wildman–Crippen MR) is 77.0 cm³/mol. The van der Waals surface area contributed by atoms with Crippen molar-refractivity contribution in [2.45, 2.75) is 53.4 Å². The van der Waals surface area contributed by atoms with Crippen LogP contribution in [-0.2, 0) is 0 Å². The van der Waals surface area contributed by atoms with Crippen molar-refractivity contribution in [2.24, 2.45) is 5.92 Å². The minimum Gasteiger partial charge on any atom is -0.392 e. The lowest BCUT2D eigenvalue weighted by Crippen LogP contribution is -1.91. The van der Waals surface area contributed by atoms with Crippen molar-refractivity contribution in [3.8, 4) is 0 Å². The maximum absolute atomic E-state index is 8.72. The van der Waals surface area contributed by atoms with Crippen LogP contribution in [0.25, 0.3) is 0 Å². The van der Waals surface area contributed by atoms with Gasteiger partial charge in [-0.05, 0) is 45.4 Å². The highest BCUT2D eigenvalue weighted by Gasteiger charge is 1.98. The highest BCUT2D eigenvalue weighted by atomic mass is 16.2. The maximum atomic E-state index is 8.72. The summed E-state index contributed by atoms with van der Waals surface area (Å²) in [7, 11) is 0. The molecule has 0 aliphatic heterocycles. The number of rotatable bonds is 8. The summed E-state index contributed by atoms with van der Waals surface area (Å²) in [6.45, 7) is 8.85. The van der Waals surface area contributed by atoms with Crippen LogP contribution in [0.5, 0.6) is 0 Å². The Balaban J connectivity index is 3.80. The summed E-state index contributed by atoms with van der Waals surface area (Å²) in [5, 5.41) is 8.72. The monoisotopic (exact) mass is 236 g/mol. The van der Waals surface area contributed by atoms with E-state index < -0.39 is 0 Å². The van der Waals surface area contributed by atoms with E-state index in [4.69, 9.17) is 5.11 Å². The van der Waals surface area contributed by atoms with Gasteiger partial charge in [0.05, 0.1) is 6.61 Å². The van der Waals surface area contributed by atoms with Gasteiger partial charge < -0.3 is 5.11 Å². The third-order valence-corrected chi connectivity index (χ3v) is 3.04. The first-order chi connectivity index (χ1) is 8.10. The van der Waals surface area contributed by atoms with Crippen molar-refractivity contribution >= 4 is 0 Å². The second kappa shape index (κ2) is 10.3. The zero-order chi connectivity index (χ0) is 13.1. The fourth-order valence-corrected chi connectivity index (χ4v) is 1.57. The molecule has 0 aromatic rings. The second-order valence-electron chi connectivity index (χ2n) is 4.86. The Labute approximate surface area is 107 Å². The van der Waals surface area contributed by atoms with Gasteiger partial charge in [-0.3, -0.25) is 0 Å². The zero-order valence-electron chi connectivity index (χ0n) is 11.9. The Hall–Kier alpha value is -0.820. The van der Waals surface area contributed by atoms with E-state index in [1.165, 1.54) is 24.8 Å². The molecule has 0 saturated carbocycles. The lowest BCUT2D eigenvalue weighted by molar-refractivity contribution is 0.342. The molecule has 0 heterocycles. The van der Waals surface area contributed by atoms with Crippen molar-refractivity contribution in [3.05, 3.63) is 35.5 Å². The van der Waals surface area contributed by atoms with Gasteiger partial charge in [0.25, 0.3) is 0 Å². The standard InChI is InChI=1S/C16H28O/c1-5-14(2)8-6-9-15(3)10-7-11-16(4)12-13-17/h7-8,11-12,15,17H,5-6,9-10,13H2,1-4H3/b11-7+,14-8+,16-12+. The molecule has 1 N–H and O–H groups in total. The average Bonchev–Trinajstić information content (AvgIpc) is 2.29. The quantitative estimate of drug-likeness (QED) is 0.480. The van der Waals surface area contributed by atoms with Gasteiger partial charge in [0, 0.05) is 0 Å². The van der Waals surface area contributed by atoms with E-state index in [-0.39, 0.29) is 6.61 Å². The highest BCUT2D eigenvalue weighted by molar-refractivity contribution is 5.15. The lowest BCUT2D eigenvalue weighted by atomic mass is 10.00. The van der Waals surface area contributed by atoms with Crippen LogP contribution in [0.1, 0.15) is 53.4 Å². The van der Waals surface area contributed by atoms with E-state index in [1.54, 1.807) is 0 Å². The molecule has 0 rings (SSSR count). The number of hydrogen-bond donors (Lipinski definition) is 1. The van der Waals surface area contributed by atoms with E-state index in [9.17, 15) is 0 Å². The Morgan fingerprint density at radius 3 is 2.53 bits per heavy atom. The summed E-state index contributed by atoms with van der Waals surface area (Å²) in [6, 6.07) is 0. The molecule has 0 bridgehead atoms. The van der Waals surface area contributed by atoms with E-state index in [0.717, 1.165) is 17.9 Å². The minimum atomic E-state index is 0.132. The Bertz CT molecular complexity index is 271. The summed E-state index contributed by atoms with van der Waals surface area (Å²) >= 11 is 0. The van der Waals surface area contributed by atoms with E-state index >= 15 is 0 Å². The molecule has 0 aliphatic rings. The molecule has 0 saturated heterocycles. The molecule has 1 atom stereocenters. The van der Waals surface area contributed by atoms with Crippen LogP contribution in [0.4, 0.5) is 0 Å². The smallest absolute Gasteiger partial charge is 0.0617 e. The molecule has 1 nitrogen and oxygen atoms in total. The molecule has 0 radical (unpaired) electrons. The number of allylic oxidation sites excluding steroid dienone is 5. The van der Waals surface area contributed by atoms with Gasteiger partial charge in [0.2, 0.25) is 0 Å². The summed E-state index contributed by atoms with van der Waals surface area (Å²) in [6.07, 6.45) is 13.2. The lowest BCUT2D eigenvalue weighted by Gasteiger charge is -2.06. The molecular weight excluding hydrogens is 208 g/mol. The van der Waals surface area contributed by atoms with Gasteiger partial charge in [-0.2, -0.15) is 0 Å². The molecule has 0 aliphatic carbocycles. The summed E-state index contributed by atoms with van der Waals surface area (Å²) in [5.74, 6) is 0.731. The van der Waals surface area contributed by atoms with Crippen LogP contribution in [0.3, 0.4) is 0 Å². The summed E-state index contributed by atoms with van der Waals surface area (Å²) < 4.78 is 0. The molecule has 0 aromatic carbocycles. The van der Waals surface area contributed by atoms with Crippen molar-refractivity contribution in [1.82, 2.24) is 0 Å². The van der Waals surface area contributed by atoms with Crippen LogP contribution in [-0.4, -0.2) is 11.7 Å². The molecule has 0 aromatic heterocycles. The molecule has 0 spiro atoms. The fourth-order valence-electron chi connectivity index (χ4n) is 1.57. The van der Waals surface area contributed by atoms with Gasteiger partial charge in [0.15, 0.2) is 0 Å². The van der Waals surface area contributed by atoms with Crippen LogP contribution >= 0.6 is 0 Å². The molecule has 0 fully saturated rings. The Morgan fingerprint density at radius 2 is 1.94 bits per heavy atom. The number of aliphatic hydroxyl groups is 1. The maximum Gasteiger partial charge on any atom is 0.0617 e. The molecule has 0 amide bonds. The third kappa shape index (κ3) is 10.1. The van der Waals surface area contributed by atoms with Crippen LogP contribution in [0, 0.1) is 5.92 Å². The van der Waals surface area contributed by atoms with Gasteiger partial charge in [-0.15, -0.1) is 0 Å². The van der Waals surface area contributed by atoms with Crippen LogP contribution in [0.2, 0.25) is 0 Å². The largest absolute Gasteiger partial charge is 0.392 e.